The van der Waals surface area contributed by atoms with E-state index >= 15 is 0 Å². The van der Waals surface area contributed by atoms with Crippen molar-refractivity contribution in [3.8, 4) is 0 Å². The molecule has 0 amide bonds. The number of hydrogen-bond acceptors (Lipinski definition) is 3. The van der Waals surface area contributed by atoms with Crippen LogP contribution in [-0.2, 0) is 28.3 Å². The topological polar surface area (TPSA) is 83.5 Å². The summed E-state index contributed by atoms with van der Waals surface area (Å²) in [6.07, 6.45) is 1.44. The number of aryl methyl sites for hydroxylation is 2. The van der Waals surface area contributed by atoms with E-state index in [4.69, 9.17) is 5.11 Å². The lowest BCUT2D eigenvalue weighted by Crippen LogP contribution is -2.15. The van der Waals surface area contributed by atoms with Gasteiger partial charge in [-0.15, -0.1) is 0 Å². The molecule has 0 bridgehead atoms. The first-order chi connectivity index (χ1) is 14.5. The predicted molar refractivity (Wildman–Crippen MR) is 123 cm³/mol. The maximum atomic E-state index is 12.8. The molecule has 0 saturated heterocycles. The lowest BCUT2D eigenvalue weighted by atomic mass is 9.87. The molecule has 0 heterocycles. The van der Waals surface area contributed by atoms with Crippen LogP contribution in [0.3, 0.4) is 0 Å². The summed E-state index contributed by atoms with van der Waals surface area (Å²) in [6.45, 7) is 6.25. The number of carboxylic acid groups (broad SMARTS) is 1. The van der Waals surface area contributed by atoms with Crippen molar-refractivity contribution < 1.29 is 18.3 Å². The molecule has 5 nitrogen and oxygen atoms in total. The fourth-order valence-electron chi connectivity index (χ4n) is 3.24. The summed E-state index contributed by atoms with van der Waals surface area (Å²) >= 11 is 0. The first-order valence-corrected chi connectivity index (χ1v) is 11.6. The minimum absolute atomic E-state index is 0.0437. The zero-order chi connectivity index (χ0) is 22.6. The highest BCUT2D eigenvalue weighted by Crippen LogP contribution is 2.24. The number of benzene rings is 3. The SMILES string of the molecule is CC(C)(C)c1ccc(S(=O)(=O)Nc2cccc(CCc3ccc(C(=O)O)cc3)c2)cc1. The predicted octanol–water partition coefficient (Wildman–Crippen LogP) is 5.27. The first-order valence-electron chi connectivity index (χ1n) is 10.1. The molecule has 0 aliphatic rings. The highest BCUT2D eigenvalue weighted by atomic mass is 32.2. The van der Waals surface area contributed by atoms with Crippen molar-refractivity contribution in [2.75, 3.05) is 4.72 Å². The van der Waals surface area contributed by atoms with Crippen LogP contribution in [0.2, 0.25) is 0 Å². The molecule has 3 aromatic carbocycles. The Kier molecular flexibility index (Phi) is 6.51. The van der Waals surface area contributed by atoms with Crippen molar-refractivity contribution in [3.63, 3.8) is 0 Å². The molecular weight excluding hydrogens is 410 g/mol. The Hall–Kier alpha value is -3.12. The molecule has 0 radical (unpaired) electrons. The van der Waals surface area contributed by atoms with Gasteiger partial charge >= 0.3 is 5.97 Å². The molecular formula is C25H27NO4S. The van der Waals surface area contributed by atoms with Gasteiger partial charge in [0.15, 0.2) is 0 Å². The molecule has 2 N–H and O–H groups in total. The second kappa shape index (κ2) is 8.94. The Morgan fingerprint density at radius 1 is 0.871 bits per heavy atom. The van der Waals surface area contributed by atoms with Crippen LogP contribution >= 0.6 is 0 Å². The zero-order valence-electron chi connectivity index (χ0n) is 17.9. The monoisotopic (exact) mass is 437 g/mol. The van der Waals surface area contributed by atoms with Gasteiger partial charge in [0.25, 0.3) is 10.0 Å². The molecule has 0 saturated carbocycles. The van der Waals surface area contributed by atoms with E-state index in [1.54, 1.807) is 42.5 Å². The largest absolute Gasteiger partial charge is 0.478 e. The van der Waals surface area contributed by atoms with E-state index in [1.807, 2.05) is 30.3 Å². The Bertz CT molecular complexity index is 1160. The fourth-order valence-corrected chi connectivity index (χ4v) is 4.29. The lowest BCUT2D eigenvalue weighted by molar-refractivity contribution is 0.0697. The minimum atomic E-state index is -3.68. The summed E-state index contributed by atoms with van der Waals surface area (Å²) in [5, 5.41) is 8.98. The number of rotatable bonds is 7. The van der Waals surface area contributed by atoms with Gasteiger partial charge in [0, 0.05) is 5.69 Å². The fraction of sp³-hybridized carbons (Fsp3) is 0.240. The zero-order valence-corrected chi connectivity index (χ0v) is 18.7. The van der Waals surface area contributed by atoms with E-state index in [-0.39, 0.29) is 15.9 Å². The summed E-state index contributed by atoms with van der Waals surface area (Å²) in [7, 11) is -3.68. The van der Waals surface area contributed by atoms with Gasteiger partial charge in [-0.3, -0.25) is 4.72 Å². The molecule has 0 fully saturated rings. The Morgan fingerprint density at radius 3 is 2.06 bits per heavy atom. The van der Waals surface area contributed by atoms with E-state index in [0.717, 1.165) is 23.1 Å². The van der Waals surface area contributed by atoms with Crippen LogP contribution in [0.4, 0.5) is 5.69 Å². The Labute approximate surface area is 183 Å². The number of hydrogen-bond donors (Lipinski definition) is 2. The number of carbonyl (C=O) groups is 1. The lowest BCUT2D eigenvalue weighted by Gasteiger charge is -2.19. The number of carboxylic acids is 1. The summed E-state index contributed by atoms with van der Waals surface area (Å²) < 4.78 is 28.2. The number of anilines is 1. The van der Waals surface area contributed by atoms with E-state index in [2.05, 4.69) is 25.5 Å². The van der Waals surface area contributed by atoms with Crippen LogP contribution in [-0.4, -0.2) is 19.5 Å². The van der Waals surface area contributed by atoms with Crippen LogP contribution in [0, 0.1) is 0 Å². The third-order valence-electron chi connectivity index (χ3n) is 5.11. The maximum absolute atomic E-state index is 12.8. The van der Waals surface area contributed by atoms with Crippen molar-refractivity contribution in [1.29, 1.82) is 0 Å². The van der Waals surface area contributed by atoms with Crippen molar-refractivity contribution >= 4 is 21.7 Å². The van der Waals surface area contributed by atoms with Crippen LogP contribution < -0.4 is 4.72 Å². The summed E-state index contributed by atoms with van der Waals surface area (Å²) in [4.78, 5) is 11.2. The van der Waals surface area contributed by atoms with Crippen LogP contribution in [0.1, 0.15) is 47.8 Å². The van der Waals surface area contributed by atoms with Crippen molar-refractivity contribution in [2.45, 2.75) is 43.9 Å². The maximum Gasteiger partial charge on any atom is 0.335 e. The van der Waals surface area contributed by atoms with Gasteiger partial charge in [-0.25, -0.2) is 13.2 Å². The molecule has 3 rings (SSSR count). The summed E-state index contributed by atoms with van der Waals surface area (Å²) in [5.41, 5.74) is 3.82. The highest BCUT2D eigenvalue weighted by Gasteiger charge is 2.18. The van der Waals surface area contributed by atoms with Crippen molar-refractivity contribution in [3.05, 3.63) is 95.1 Å². The Morgan fingerprint density at radius 2 is 1.48 bits per heavy atom. The third kappa shape index (κ3) is 5.95. The third-order valence-corrected chi connectivity index (χ3v) is 6.51. The van der Waals surface area contributed by atoms with Gasteiger partial charge in [-0.1, -0.05) is 57.2 Å². The molecule has 162 valence electrons. The average molecular weight is 438 g/mol. The molecule has 0 unspecified atom stereocenters. The van der Waals surface area contributed by atoms with E-state index in [9.17, 15) is 13.2 Å². The smallest absolute Gasteiger partial charge is 0.335 e. The number of nitrogens with one attached hydrogen (secondary N) is 1. The molecule has 0 spiro atoms. The van der Waals surface area contributed by atoms with E-state index < -0.39 is 16.0 Å². The van der Waals surface area contributed by atoms with Gasteiger partial charge in [0.05, 0.1) is 10.5 Å². The number of sulfonamides is 1. The highest BCUT2D eigenvalue weighted by molar-refractivity contribution is 7.92. The quantitative estimate of drug-likeness (QED) is 0.528. The number of aromatic carboxylic acids is 1. The van der Waals surface area contributed by atoms with E-state index in [0.29, 0.717) is 12.1 Å². The molecule has 0 atom stereocenters. The molecule has 6 heteroatoms. The molecule has 0 aliphatic heterocycles. The standard InChI is InChI=1S/C25H27NO4S/c1-25(2,3)21-13-15-23(16-14-21)31(29,30)26-22-6-4-5-19(17-22)8-7-18-9-11-20(12-10-18)24(27)28/h4-6,9-17,26H,7-8H2,1-3H3,(H,27,28). The normalized spacial score (nSPS) is 11.8. The van der Waals surface area contributed by atoms with Crippen LogP contribution in [0.5, 0.6) is 0 Å². The van der Waals surface area contributed by atoms with Crippen LogP contribution in [0.15, 0.2) is 77.7 Å². The van der Waals surface area contributed by atoms with Gasteiger partial charge in [0.2, 0.25) is 0 Å². The van der Waals surface area contributed by atoms with Gasteiger partial charge in [0.1, 0.15) is 0 Å². The average Bonchev–Trinajstić information content (AvgIpc) is 2.72. The summed E-state index contributed by atoms with van der Waals surface area (Å²) in [6, 6.07) is 21.1. The molecule has 0 aliphatic carbocycles. The van der Waals surface area contributed by atoms with Gasteiger partial charge < -0.3 is 5.11 Å². The summed E-state index contributed by atoms with van der Waals surface area (Å²) in [5.74, 6) is -0.945. The first kappa shape index (κ1) is 22.6. The second-order valence-electron chi connectivity index (χ2n) is 8.58. The molecule has 3 aromatic rings. The Balaban J connectivity index is 1.68. The van der Waals surface area contributed by atoms with Gasteiger partial charge in [-0.05, 0) is 71.3 Å². The van der Waals surface area contributed by atoms with Gasteiger partial charge in [-0.2, -0.15) is 0 Å². The van der Waals surface area contributed by atoms with Crippen molar-refractivity contribution in [2.24, 2.45) is 0 Å². The van der Waals surface area contributed by atoms with Crippen LogP contribution in [0.25, 0.3) is 0 Å². The molecule has 31 heavy (non-hydrogen) atoms. The molecule has 0 aromatic heterocycles. The van der Waals surface area contributed by atoms with E-state index in [1.165, 1.54) is 0 Å². The van der Waals surface area contributed by atoms with Crippen molar-refractivity contribution in [1.82, 2.24) is 0 Å². The second-order valence-corrected chi connectivity index (χ2v) is 10.3. The minimum Gasteiger partial charge on any atom is -0.478 e.